The van der Waals surface area contributed by atoms with Gasteiger partial charge in [0.15, 0.2) is 5.82 Å². The molecule has 2 aromatic rings. The largest absolute Gasteiger partial charge is 0.383 e. The van der Waals surface area contributed by atoms with Gasteiger partial charge in [0, 0.05) is 17.7 Å². The number of hydrogen-bond acceptors (Lipinski definition) is 5. The number of nitrogens with two attached hydrogens (primary N) is 2. The summed E-state index contributed by atoms with van der Waals surface area (Å²) in [7, 11) is 0. The molecule has 0 spiro atoms. The van der Waals surface area contributed by atoms with Crippen molar-refractivity contribution in [2.75, 3.05) is 12.0 Å². The van der Waals surface area contributed by atoms with Crippen molar-refractivity contribution in [3.8, 4) is 11.4 Å². The minimum atomic E-state index is 0.357. The molecular weight excluding hydrogens is 244 g/mol. The van der Waals surface area contributed by atoms with E-state index in [2.05, 4.69) is 9.97 Å². The van der Waals surface area contributed by atoms with E-state index < -0.39 is 0 Å². The molecule has 0 amide bonds. The van der Waals surface area contributed by atoms with Gasteiger partial charge in [-0.25, -0.2) is 9.97 Å². The number of benzene rings is 1. The Hall–Kier alpha value is -1.59. The molecular formula is C13H16N4S. The summed E-state index contributed by atoms with van der Waals surface area (Å²) < 4.78 is 0. The highest BCUT2D eigenvalue weighted by Gasteiger charge is 2.11. The Morgan fingerprint density at radius 3 is 2.39 bits per heavy atom. The molecule has 5 heteroatoms. The van der Waals surface area contributed by atoms with Crippen LogP contribution in [-0.4, -0.2) is 16.2 Å². The second kappa shape index (κ2) is 5.37. The van der Waals surface area contributed by atoms with Crippen LogP contribution in [0.15, 0.2) is 29.3 Å². The molecule has 1 aromatic heterocycles. The number of rotatable bonds is 3. The lowest BCUT2D eigenvalue weighted by Gasteiger charge is -2.10. The molecule has 0 aliphatic carbocycles. The van der Waals surface area contributed by atoms with Gasteiger partial charge in [0.25, 0.3) is 0 Å². The zero-order valence-corrected chi connectivity index (χ0v) is 11.3. The van der Waals surface area contributed by atoms with Crippen molar-refractivity contribution in [3.05, 3.63) is 35.4 Å². The number of hydrogen-bond donors (Lipinski definition) is 2. The van der Waals surface area contributed by atoms with Gasteiger partial charge in [-0.15, -0.1) is 11.8 Å². The Morgan fingerprint density at radius 2 is 1.83 bits per heavy atom. The fourth-order valence-electron chi connectivity index (χ4n) is 1.67. The Morgan fingerprint density at radius 1 is 1.17 bits per heavy atom. The number of thioether (sulfide) groups is 1. The third kappa shape index (κ3) is 2.47. The van der Waals surface area contributed by atoms with Gasteiger partial charge in [0.2, 0.25) is 0 Å². The summed E-state index contributed by atoms with van der Waals surface area (Å²) in [5.41, 5.74) is 14.6. The molecule has 0 radical (unpaired) electrons. The van der Waals surface area contributed by atoms with Gasteiger partial charge in [-0.1, -0.05) is 29.8 Å². The summed E-state index contributed by atoms with van der Waals surface area (Å²) in [5, 5.41) is 0.848. The first-order chi connectivity index (χ1) is 8.65. The maximum Gasteiger partial charge on any atom is 0.162 e. The van der Waals surface area contributed by atoms with Crippen molar-refractivity contribution >= 4 is 17.6 Å². The maximum absolute atomic E-state index is 5.93. The number of nitrogen functional groups attached to an aromatic ring is 1. The van der Waals surface area contributed by atoms with E-state index in [1.165, 1.54) is 17.3 Å². The van der Waals surface area contributed by atoms with Crippen molar-refractivity contribution < 1.29 is 0 Å². The quantitative estimate of drug-likeness (QED) is 0.653. The molecule has 0 aliphatic rings. The summed E-state index contributed by atoms with van der Waals surface area (Å²) in [6.07, 6.45) is 1.96. The van der Waals surface area contributed by atoms with Crippen LogP contribution in [0.3, 0.4) is 0 Å². The van der Waals surface area contributed by atoms with E-state index in [-0.39, 0.29) is 0 Å². The molecule has 0 aliphatic heterocycles. The fraction of sp³-hybridized carbons (Fsp3) is 0.231. The lowest BCUT2D eigenvalue weighted by Crippen LogP contribution is -2.08. The number of nitrogens with zero attached hydrogens (tertiary/aromatic N) is 2. The van der Waals surface area contributed by atoms with Crippen LogP contribution in [-0.2, 0) is 6.54 Å². The predicted octanol–water partition coefficient (Wildman–Crippen LogP) is 2.21. The van der Waals surface area contributed by atoms with Crippen LogP contribution in [0.5, 0.6) is 0 Å². The van der Waals surface area contributed by atoms with Crippen molar-refractivity contribution in [2.24, 2.45) is 5.73 Å². The molecule has 18 heavy (non-hydrogen) atoms. The second-order valence-electron chi connectivity index (χ2n) is 3.99. The summed E-state index contributed by atoms with van der Waals surface area (Å²) in [6, 6.07) is 8.06. The van der Waals surface area contributed by atoms with Gasteiger partial charge < -0.3 is 11.5 Å². The van der Waals surface area contributed by atoms with Gasteiger partial charge in [-0.2, -0.15) is 0 Å². The van der Waals surface area contributed by atoms with E-state index in [0.29, 0.717) is 18.2 Å². The molecule has 94 valence electrons. The van der Waals surface area contributed by atoms with Crippen molar-refractivity contribution in [1.82, 2.24) is 9.97 Å². The smallest absolute Gasteiger partial charge is 0.162 e. The first-order valence-electron chi connectivity index (χ1n) is 5.63. The molecule has 4 N–H and O–H groups in total. The molecule has 0 unspecified atom stereocenters. The number of anilines is 1. The minimum Gasteiger partial charge on any atom is -0.383 e. The van der Waals surface area contributed by atoms with E-state index >= 15 is 0 Å². The Kier molecular flexibility index (Phi) is 3.84. The highest BCUT2D eigenvalue weighted by Crippen LogP contribution is 2.26. The second-order valence-corrected chi connectivity index (χ2v) is 4.79. The number of aryl methyl sites for hydroxylation is 1. The van der Waals surface area contributed by atoms with Crippen LogP contribution < -0.4 is 11.5 Å². The molecule has 2 rings (SSSR count). The molecule has 0 saturated carbocycles. The van der Waals surface area contributed by atoms with Crippen LogP contribution in [0.25, 0.3) is 11.4 Å². The SMILES string of the molecule is CSc1nc(-c2ccc(C)cc2)nc(N)c1CN. The van der Waals surface area contributed by atoms with Crippen molar-refractivity contribution in [3.63, 3.8) is 0 Å². The topological polar surface area (TPSA) is 77.8 Å². The van der Waals surface area contributed by atoms with Crippen LogP contribution in [0, 0.1) is 6.92 Å². The Bertz CT molecular complexity index is 552. The molecule has 0 bridgehead atoms. The first-order valence-corrected chi connectivity index (χ1v) is 6.85. The number of aromatic nitrogens is 2. The van der Waals surface area contributed by atoms with Crippen LogP contribution >= 0.6 is 11.8 Å². The molecule has 1 aromatic carbocycles. The predicted molar refractivity (Wildman–Crippen MR) is 76.3 cm³/mol. The van der Waals surface area contributed by atoms with E-state index in [9.17, 15) is 0 Å². The minimum absolute atomic E-state index is 0.357. The molecule has 0 atom stereocenters. The van der Waals surface area contributed by atoms with Crippen molar-refractivity contribution in [2.45, 2.75) is 18.5 Å². The lowest BCUT2D eigenvalue weighted by atomic mass is 10.1. The van der Waals surface area contributed by atoms with Gasteiger partial charge in [0.1, 0.15) is 10.8 Å². The van der Waals surface area contributed by atoms with Gasteiger partial charge >= 0.3 is 0 Å². The normalized spacial score (nSPS) is 10.6. The van der Waals surface area contributed by atoms with Crippen molar-refractivity contribution in [1.29, 1.82) is 0 Å². The third-order valence-corrected chi connectivity index (χ3v) is 3.43. The van der Waals surface area contributed by atoms with Crippen LogP contribution in [0.4, 0.5) is 5.82 Å². The third-order valence-electron chi connectivity index (χ3n) is 2.71. The van der Waals surface area contributed by atoms with Gasteiger partial charge in [-0.05, 0) is 13.2 Å². The summed E-state index contributed by atoms with van der Waals surface area (Å²) >= 11 is 1.54. The molecule has 1 heterocycles. The summed E-state index contributed by atoms with van der Waals surface area (Å²) in [4.78, 5) is 8.84. The fourth-order valence-corrected chi connectivity index (χ4v) is 2.28. The summed E-state index contributed by atoms with van der Waals surface area (Å²) in [5.74, 6) is 1.11. The monoisotopic (exact) mass is 260 g/mol. The van der Waals surface area contributed by atoms with E-state index in [1.807, 2.05) is 37.4 Å². The lowest BCUT2D eigenvalue weighted by molar-refractivity contribution is 0.938. The molecule has 4 nitrogen and oxygen atoms in total. The highest BCUT2D eigenvalue weighted by molar-refractivity contribution is 7.98. The first kappa shape index (κ1) is 12.9. The average Bonchev–Trinajstić information content (AvgIpc) is 2.38. The van der Waals surface area contributed by atoms with E-state index in [1.54, 1.807) is 0 Å². The van der Waals surface area contributed by atoms with E-state index in [0.717, 1.165) is 16.2 Å². The zero-order chi connectivity index (χ0) is 13.1. The zero-order valence-electron chi connectivity index (χ0n) is 10.5. The molecule has 0 fully saturated rings. The van der Waals surface area contributed by atoms with E-state index in [4.69, 9.17) is 11.5 Å². The van der Waals surface area contributed by atoms with Gasteiger partial charge in [-0.3, -0.25) is 0 Å². The molecule has 0 saturated heterocycles. The standard InChI is InChI=1S/C13H16N4S/c1-8-3-5-9(6-4-8)12-16-11(15)10(7-14)13(17-12)18-2/h3-6H,7,14H2,1-2H3,(H2,15,16,17). The van der Waals surface area contributed by atoms with Crippen LogP contribution in [0.2, 0.25) is 0 Å². The Labute approximate surface area is 111 Å². The maximum atomic E-state index is 5.93. The highest BCUT2D eigenvalue weighted by atomic mass is 32.2. The summed E-state index contributed by atoms with van der Waals surface area (Å²) in [6.45, 7) is 2.40. The van der Waals surface area contributed by atoms with Gasteiger partial charge in [0.05, 0.1) is 0 Å². The van der Waals surface area contributed by atoms with Crippen LogP contribution in [0.1, 0.15) is 11.1 Å². The Balaban J connectivity index is 2.52. The average molecular weight is 260 g/mol.